The van der Waals surface area contributed by atoms with Gasteiger partial charge in [0.15, 0.2) is 5.78 Å². The number of ketones is 1. The molecule has 0 aromatic heterocycles. The summed E-state index contributed by atoms with van der Waals surface area (Å²) >= 11 is 0. The third-order valence-corrected chi connectivity index (χ3v) is 4.47. The number of Topliss-reactive ketones (excluding diaryl/α,β-unsaturated/α-hetero) is 1. The largest absolute Gasteiger partial charge is 0.325 e. The van der Waals surface area contributed by atoms with Gasteiger partial charge < -0.3 is 10.6 Å². The van der Waals surface area contributed by atoms with Gasteiger partial charge in [-0.1, -0.05) is 13.0 Å². The molecule has 2 rings (SSSR count). The van der Waals surface area contributed by atoms with Gasteiger partial charge in [-0.2, -0.15) is 0 Å². The second kappa shape index (κ2) is 9.88. The number of nitrogens with one attached hydrogen (secondary N) is 2. The first-order valence-electron chi connectivity index (χ1n) is 9.12. The molecule has 8 heteroatoms. The lowest BCUT2D eigenvalue weighted by atomic mass is 10.1. The molecule has 2 aromatic rings. The van der Waals surface area contributed by atoms with Crippen LogP contribution in [0.5, 0.6) is 0 Å². The monoisotopic (exact) mass is 403 g/mol. The molecule has 2 amide bonds. The summed E-state index contributed by atoms with van der Waals surface area (Å²) in [5.74, 6) is -2.82. The fourth-order valence-electron chi connectivity index (χ4n) is 2.70. The zero-order chi connectivity index (χ0) is 21.6. The Morgan fingerprint density at radius 1 is 1.00 bits per heavy atom. The third-order valence-electron chi connectivity index (χ3n) is 4.47. The van der Waals surface area contributed by atoms with E-state index < -0.39 is 29.3 Å². The van der Waals surface area contributed by atoms with Crippen molar-refractivity contribution in [2.75, 3.05) is 23.7 Å². The first-order chi connectivity index (χ1) is 13.7. The van der Waals surface area contributed by atoms with Gasteiger partial charge in [-0.3, -0.25) is 19.3 Å². The van der Waals surface area contributed by atoms with Gasteiger partial charge in [-0.25, -0.2) is 8.78 Å². The highest BCUT2D eigenvalue weighted by molar-refractivity contribution is 5.97. The molecule has 0 heterocycles. The molecule has 0 aliphatic carbocycles. The van der Waals surface area contributed by atoms with E-state index in [0.717, 1.165) is 12.1 Å². The van der Waals surface area contributed by atoms with Crippen molar-refractivity contribution in [1.29, 1.82) is 0 Å². The normalized spacial score (nSPS) is 11.8. The van der Waals surface area contributed by atoms with E-state index in [1.165, 1.54) is 13.0 Å². The van der Waals surface area contributed by atoms with Crippen LogP contribution in [0.15, 0.2) is 42.5 Å². The van der Waals surface area contributed by atoms with Gasteiger partial charge in [0.2, 0.25) is 11.8 Å². The number of carbonyl (C=O) groups is 3. The molecule has 0 saturated heterocycles. The molecule has 2 aromatic carbocycles. The van der Waals surface area contributed by atoms with Crippen LogP contribution in [0.4, 0.5) is 20.2 Å². The average molecular weight is 403 g/mol. The van der Waals surface area contributed by atoms with Gasteiger partial charge in [0, 0.05) is 11.3 Å². The zero-order valence-corrected chi connectivity index (χ0v) is 16.5. The highest BCUT2D eigenvalue weighted by Gasteiger charge is 2.23. The van der Waals surface area contributed by atoms with Crippen LogP contribution in [0, 0.1) is 11.6 Å². The lowest BCUT2D eigenvalue weighted by Crippen LogP contribution is -2.45. The van der Waals surface area contributed by atoms with E-state index in [0.29, 0.717) is 17.8 Å². The van der Waals surface area contributed by atoms with Crippen molar-refractivity contribution in [2.45, 2.75) is 26.8 Å². The summed E-state index contributed by atoms with van der Waals surface area (Å²) in [5, 5.41) is 4.93. The molecule has 0 radical (unpaired) electrons. The molecule has 0 fully saturated rings. The molecule has 0 aliphatic heterocycles. The summed E-state index contributed by atoms with van der Waals surface area (Å²) in [5.41, 5.74) is 0.528. The van der Waals surface area contributed by atoms with Crippen LogP contribution < -0.4 is 10.6 Å². The standard InChI is InChI=1S/C21H23F2N3O3/c1-4-26(12-19(28)25-20-17(22)6-5-7-18(20)23)13(2)21(29)24-16-10-8-15(9-11-16)14(3)27/h5-11,13H,4,12H2,1-3H3,(H,24,29)(H,25,28). The third kappa shape index (κ3) is 5.92. The van der Waals surface area contributed by atoms with Crippen molar-refractivity contribution in [3.8, 4) is 0 Å². The van der Waals surface area contributed by atoms with E-state index in [4.69, 9.17) is 0 Å². The minimum absolute atomic E-state index is 0.0781. The van der Waals surface area contributed by atoms with E-state index in [1.54, 1.807) is 43.0 Å². The van der Waals surface area contributed by atoms with Crippen LogP contribution in [-0.4, -0.2) is 41.6 Å². The fourth-order valence-corrected chi connectivity index (χ4v) is 2.70. The van der Waals surface area contributed by atoms with Crippen molar-refractivity contribution in [3.63, 3.8) is 0 Å². The molecule has 0 bridgehead atoms. The predicted molar refractivity (Wildman–Crippen MR) is 107 cm³/mol. The summed E-state index contributed by atoms with van der Waals surface area (Å²) in [7, 11) is 0. The molecule has 0 saturated carbocycles. The molecule has 2 N–H and O–H groups in total. The van der Waals surface area contributed by atoms with Crippen molar-refractivity contribution in [2.24, 2.45) is 0 Å². The highest BCUT2D eigenvalue weighted by atomic mass is 19.1. The minimum Gasteiger partial charge on any atom is -0.325 e. The molecule has 6 nitrogen and oxygen atoms in total. The Balaban J connectivity index is 1.99. The van der Waals surface area contributed by atoms with E-state index in [2.05, 4.69) is 10.6 Å². The van der Waals surface area contributed by atoms with Crippen LogP contribution in [0.1, 0.15) is 31.1 Å². The Hall–Kier alpha value is -3.13. The number of carbonyl (C=O) groups excluding carboxylic acids is 3. The molecule has 0 aliphatic rings. The molecular weight excluding hydrogens is 380 g/mol. The number of anilines is 2. The Morgan fingerprint density at radius 2 is 1.59 bits per heavy atom. The van der Waals surface area contributed by atoms with Crippen LogP contribution in [0.3, 0.4) is 0 Å². The predicted octanol–water partition coefficient (Wildman–Crippen LogP) is 3.46. The first kappa shape index (κ1) is 22.2. The number of halogens is 2. The Morgan fingerprint density at radius 3 is 2.10 bits per heavy atom. The number of nitrogens with zero attached hydrogens (tertiary/aromatic N) is 1. The highest BCUT2D eigenvalue weighted by Crippen LogP contribution is 2.18. The van der Waals surface area contributed by atoms with Crippen LogP contribution in [0.25, 0.3) is 0 Å². The second-order valence-corrected chi connectivity index (χ2v) is 6.51. The maximum absolute atomic E-state index is 13.7. The van der Waals surface area contributed by atoms with Crippen molar-refractivity contribution < 1.29 is 23.2 Å². The number of likely N-dealkylation sites (N-methyl/N-ethyl adjacent to an activating group) is 1. The summed E-state index contributed by atoms with van der Waals surface area (Å²) in [6.45, 7) is 4.99. The van der Waals surface area contributed by atoms with Crippen LogP contribution in [-0.2, 0) is 9.59 Å². The zero-order valence-electron chi connectivity index (χ0n) is 16.5. The average Bonchev–Trinajstić information content (AvgIpc) is 2.69. The number of hydrogen-bond donors (Lipinski definition) is 2. The summed E-state index contributed by atoms with van der Waals surface area (Å²) in [4.78, 5) is 37.6. The van der Waals surface area contributed by atoms with Gasteiger partial charge in [0.1, 0.15) is 17.3 Å². The van der Waals surface area contributed by atoms with Crippen LogP contribution >= 0.6 is 0 Å². The number of para-hydroxylation sites is 1. The molecule has 0 spiro atoms. The number of benzene rings is 2. The summed E-state index contributed by atoms with van der Waals surface area (Å²) < 4.78 is 27.4. The maximum Gasteiger partial charge on any atom is 0.241 e. The number of hydrogen-bond acceptors (Lipinski definition) is 4. The molecule has 1 unspecified atom stereocenters. The molecular formula is C21H23F2N3O3. The summed E-state index contributed by atoms with van der Waals surface area (Å²) in [6, 6.07) is 9.06. The number of rotatable bonds is 8. The van der Waals surface area contributed by atoms with E-state index in [9.17, 15) is 23.2 Å². The molecule has 29 heavy (non-hydrogen) atoms. The maximum atomic E-state index is 13.7. The number of amides is 2. The summed E-state index contributed by atoms with van der Waals surface area (Å²) in [6.07, 6.45) is 0. The Labute approximate surface area is 167 Å². The fraction of sp³-hybridized carbons (Fsp3) is 0.286. The van der Waals surface area contributed by atoms with Gasteiger partial charge >= 0.3 is 0 Å². The Kier molecular flexibility index (Phi) is 7.55. The van der Waals surface area contributed by atoms with Gasteiger partial charge in [-0.15, -0.1) is 0 Å². The van der Waals surface area contributed by atoms with Gasteiger partial charge in [0.05, 0.1) is 12.6 Å². The molecule has 1 atom stereocenters. The quantitative estimate of drug-likeness (QED) is 0.662. The Bertz CT molecular complexity index is 880. The SMILES string of the molecule is CCN(CC(=O)Nc1c(F)cccc1F)C(C)C(=O)Nc1ccc(C(C)=O)cc1. The lowest BCUT2D eigenvalue weighted by Gasteiger charge is -2.26. The van der Waals surface area contributed by atoms with E-state index in [-0.39, 0.29) is 18.2 Å². The van der Waals surface area contributed by atoms with E-state index >= 15 is 0 Å². The van der Waals surface area contributed by atoms with Crippen molar-refractivity contribution in [1.82, 2.24) is 4.90 Å². The first-order valence-corrected chi connectivity index (χ1v) is 9.12. The van der Waals surface area contributed by atoms with Crippen molar-refractivity contribution >= 4 is 29.0 Å². The topological polar surface area (TPSA) is 78.5 Å². The van der Waals surface area contributed by atoms with Gasteiger partial charge in [0.25, 0.3) is 0 Å². The minimum atomic E-state index is -0.874. The second-order valence-electron chi connectivity index (χ2n) is 6.51. The smallest absolute Gasteiger partial charge is 0.241 e. The van der Waals surface area contributed by atoms with Gasteiger partial charge in [-0.05, 0) is 56.8 Å². The van der Waals surface area contributed by atoms with E-state index in [1.807, 2.05) is 0 Å². The van der Waals surface area contributed by atoms with Crippen molar-refractivity contribution in [3.05, 3.63) is 59.7 Å². The lowest BCUT2D eigenvalue weighted by molar-refractivity contribution is -0.123. The molecule has 154 valence electrons. The van der Waals surface area contributed by atoms with Crippen LogP contribution in [0.2, 0.25) is 0 Å².